The third-order valence-electron chi connectivity index (χ3n) is 3.01. The molecule has 1 fully saturated rings. The molecule has 2 unspecified atom stereocenters. The Morgan fingerprint density at radius 3 is 3.00 bits per heavy atom. The highest BCUT2D eigenvalue weighted by Crippen LogP contribution is 2.31. The first-order chi connectivity index (χ1) is 7.16. The summed E-state index contributed by atoms with van der Waals surface area (Å²) in [4.78, 5) is 4.38. The molecule has 1 aromatic rings. The summed E-state index contributed by atoms with van der Waals surface area (Å²) in [5.41, 5.74) is 5.48. The Morgan fingerprint density at radius 2 is 2.40 bits per heavy atom. The Kier molecular flexibility index (Phi) is 3.00. The summed E-state index contributed by atoms with van der Waals surface area (Å²) in [5, 5.41) is 4.31. The van der Waals surface area contributed by atoms with E-state index in [0.717, 1.165) is 5.92 Å². The first-order valence-corrected chi connectivity index (χ1v) is 5.78. The van der Waals surface area contributed by atoms with Gasteiger partial charge in [-0.15, -0.1) is 5.10 Å². The van der Waals surface area contributed by atoms with Crippen LogP contribution in [-0.4, -0.2) is 19.8 Å². The minimum Gasteiger partial charge on any atom is -0.387 e. The molecule has 0 aliphatic heterocycles. The van der Waals surface area contributed by atoms with Crippen molar-refractivity contribution in [2.75, 3.05) is 0 Å². The maximum absolute atomic E-state index is 5.48. The highest BCUT2D eigenvalue weighted by Gasteiger charge is 2.21. The fraction of sp³-hybridized carbons (Fsp3) is 0.700. The lowest BCUT2D eigenvalue weighted by Crippen LogP contribution is -2.19. The molecule has 4 nitrogen and oxygen atoms in total. The maximum atomic E-state index is 5.48. The Labute approximate surface area is 94.9 Å². The van der Waals surface area contributed by atoms with E-state index in [1.807, 2.05) is 4.68 Å². The van der Waals surface area contributed by atoms with Crippen LogP contribution in [0.2, 0.25) is 0 Å². The van der Waals surface area contributed by atoms with Crippen molar-refractivity contribution >= 4 is 17.2 Å². The van der Waals surface area contributed by atoms with Crippen LogP contribution in [0.15, 0.2) is 6.33 Å². The van der Waals surface area contributed by atoms with Crippen LogP contribution < -0.4 is 5.73 Å². The number of hydrogen-bond acceptors (Lipinski definition) is 3. The minimum absolute atomic E-state index is 0.276. The van der Waals surface area contributed by atoms with Gasteiger partial charge in [-0.25, -0.2) is 9.67 Å². The second kappa shape index (κ2) is 4.26. The summed E-state index contributed by atoms with van der Waals surface area (Å²) in [7, 11) is 0. The van der Waals surface area contributed by atoms with E-state index in [2.05, 4.69) is 17.0 Å². The molecule has 0 amide bonds. The Morgan fingerprint density at radius 1 is 1.60 bits per heavy atom. The zero-order valence-electron chi connectivity index (χ0n) is 8.89. The molecule has 0 bridgehead atoms. The molecule has 2 atom stereocenters. The van der Waals surface area contributed by atoms with E-state index in [4.69, 9.17) is 18.0 Å². The molecule has 82 valence electrons. The van der Waals surface area contributed by atoms with Gasteiger partial charge in [0.15, 0.2) is 0 Å². The molecule has 15 heavy (non-hydrogen) atoms. The molecule has 0 spiro atoms. The van der Waals surface area contributed by atoms with Crippen molar-refractivity contribution in [2.24, 2.45) is 11.7 Å². The van der Waals surface area contributed by atoms with Gasteiger partial charge in [0.1, 0.15) is 11.3 Å². The van der Waals surface area contributed by atoms with Crippen LogP contribution in [0, 0.1) is 5.92 Å². The van der Waals surface area contributed by atoms with E-state index in [0.29, 0.717) is 11.9 Å². The van der Waals surface area contributed by atoms with Crippen LogP contribution in [0.1, 0.15) is 44.5 Å². The van der Waals surface area contributed by atoms with Gasteiger partial charge >= 0.3 is 0 Å². The molecule has 1 aliphatic rings. The van der Waals surface area contributed by atoms with Gasteiger partial charge in [0, 0.05) is 0 Å². The molecule has 5 heteroatoms. The van der Waals surface area contributed by atoms with Crippen LogP contribution in [0.5, 0.6) is 0 Å². The van der Waals surface area contributed by atoms with Crippen LogP contribution in [-0.2, 0) is 0 Å². The fourth-order valence-electron chi connectivity index (χ4n) is 2.21. The van der Waals surface area contributed by atoms with Crippen LogP contribution in [0.4, 0.5) is 0 Å². The van der Waals surface area contributed by atoms with E-state index in [1.54, 1.807) is 6.33 Å². The second-order valence-corrected chi connectivity index (χ2v) is 4.78. The van der Waals surface area contributed by atoms with E-state index < -0.39 is 0 Å². The number of nitrogens with two attached hydrogens (primary N) is 1. The smallest absolute Gasteiger partial charge is 0.208 e. The number of hydrogen-bond donors (Lipinski definition) is 1. The van der Waals surface area contributed by atoms with Gasteiger partial charge in [0.2, 0.25) is 5.82 Å². The summed E-state index contributed by atoms with van der Waals surface area (Å²) in [6, 6.07) is 0.476. The van der Waals surface area contributed by atoms with Gasteiger partial charge < -0.3 is 5.73 Å². The second-order valence-electron chi connectivity index (χ2n) is 4.34. The van der Waals surface area contributed by atoms with Crippen LogP contribution in [0.25, 0.3) is 0 Å². The average Bonchev–Trinajstić information content (AvgIpc) is 2.66. The molecule has 1 aromatic heterocycles. The van der Waals surface area contributed by atoms with Crippen molar-refractivity contribution in [3.63, 3.8) is 0 Å². The SMILES string of the molecule is CC1CCCC(n2cnc(C(N)=S)n2)C1. The van der Waals surface area contributed by atoms with Crippen molar-refractivity contribution in [3.8, 4) is 0 Å². The quantitative estimate of drug-likeness (QED) is 0.776. The topological polar surface area (TPSA) is 56.7 Å². The molecule has 0 radical (unpaired) electrons. The highest BCUT2D eigenvalue weighted by molar-refractivity contribution is 7.80. The summed E-state index contributed by atoms with van der Waals surface area (Å²) < 4.78 is 1.92. The van der Waals surface area contributed by atoms with Crippen molar-refractivity contribution in [1.29, 1.82) is 0 Å². The predicted molar refractivity (Wildman–Crippen MR) is 62.6 cm³/mol. The number of rotatable bonds is 2. The van der Waals surface area contributed by atoms with Gasteiger partial charge in [-0.2, -0.15) is 0 Å². The molecule has 1 aliphatic carbocycles. The zero-order valence-corrected chi connectivity index (χ0v) is 9.70. The lowest BCUT2D eigenvalue weighted by atomic mass is 9.87. The standard InChI is InChI=1S/C10H16N4S/c1-7-3-2-4-8(5-7)14-6-12-10(13-14)9(11)15/h6-8H,2-5H2,1H3,(H2,11,15). The molecule has 2 N–H and O–H groups in total. The predicted octanol–water partition coefficient (Wildman–Crippen LogP) is 1.66. The molecule has 0 saturated heterocycles. The lowest BCUT2D eigenvalue weighted by Gasteiger charge is -2.26. The normalized spacial score (nSPS) is 26.5. The molecular formula is C10H16N4S. The van der Waals surface area contributed by atoms with Crippen molar-refractivity contribution in [3.05, 3.63) is 12.2 Å². The number of thiocarbonyl (C=S) groups is 1. The fourth-order valence-corrected chi connectivity index (χ4v) is 2.30. The van der Waals surface area contributed by atoms with Gasteiger partial charge in [-0.05, 0) is 18.8 Å². The van der Waals surface area contributed by atoms with Gasteiger partial charge in [0.05, 0.1) is 6.04 Å². The van der Waals surface area contributed by atoms with E-state index in [-0.39, 0.29) is 4.99 Å². The monoisotopic (exact) mass is 224 g/mol. The van der Waals surface area contributed by atoms with Gasteiger partial charge in [-0.3, -0.25) is 0 Å². The molecule has 2 rings (SSSR count). The lowest BCUT2D eigenvalue weighted by molar-refractivity contribution is 0.266. The molecule has 0 aromatic carbocycles. The first-order valence-electron chi connectivity index (χ1n) is 5.37. The third kappa shape index (κ3) is 2.34. The highest BCUT2D eigenvalue weighted by atomic mass is 32.1. The first kappa shape index (κ1) is 10.5. The van der Waals surface area contributed by atoms with Crippen molar-refractivity contribution in [1.82, 2.24) is 14.8 Å². The van der Waals surface area contributed by atoms with E-state index in [1.165, 1.54) is 25.7 Å². The Bertz CT molecular complexity index is 360. The van der Waals surface area contributed by atoms with Crippen LogP contribution in [0.3, 0.4) is 0 Å². The zero-order chi connectivity index (χ0) is 10.8. The molecule has 1 heterocycles. The van der Waals surface area contributed by atoms with E-state index in [9.17, 15) is 0 Å². The average molecular weight is 224 g/mol. The van der Waals surface area contributed by atoms with E-state index >= 15 is 0 Å². The van der Waals surface area contributed by atoms with Crippen molar-refractivity contribution in [2.45, 2.75) is 38.6 Å². The summed E-state index contributed by atoms with van der Waals surface area (Å²) in [6.45, 7) is 2.29. The largest absolute Gasteiger partial charge is 0.387 e. The maximum Gasteiger partial charge on any atom is 0.208 e. The van der Waals surface area contributed by atoms with Crippen molar-refractivity contribution < 1.29 is 0 Å². The molecule has 1 saturated carbocycles. The molecular weight excluding hydrogens is 208 g/mol. The number of aromatic nitrogens is 3. The minimum atomic E-state index is 0.276. The Hall–Kier alpha value is -0.970. The summed E-state index contributed by atoms with van der Waals surface area (Å²) in [5.74, 6) is 1.27. The van der Waals surface area contributed by atoms with Crippen LogP contribution >= 0.6 is 12.2 Å². The Balaban J connectivity index is 2.11. The third-order valence-corrected chi connectivity index (χ3v) is 3.19. The van der Waals surface area contributed by atoms with Gasteiger partial charge in [-0.1, -0.05) is 32.0 Å². The van der Waals surface area contributed by atoms with Gasteiger partial charge in [0.25, 0.3) is 0 Å². The summed E-state index contributed by atoms with van der Waals surface area (Å²) in [6.07, 6.45) is 6.71. The number of nitrogens with zero attached hydrogens (tertiary/aromatic N) is 3. The summed E-state index contributed by atoms with van der Waals surface area (Å²) >= 11 is 4.84.